The van der Waals surface area contributed by atoms with E-state index < -0.39 is 5.97 Å². The lowest BCUT2D eigenvalue weighted by molar-refractivity contribution is -0.129. The maximum absolute atomic E-state index is 12.2. The number of carbonyl (C=O) groups excluding carboxylic acids is 1. The average Bonchev–Trinajstić information content (AvgIpc) is 2.98. The first kappa shape index (κ1) is 19.7. The van der Waals surface area contributed by atoms with Crippen molar-refractivity contribution in [1.82, 2.24) is 0 Å². The van der Waals surface area contributed by atoms with Gasteiger partial charge in [-0.05, 0) is 84.5 Å². The van der Waals surface area contributed by atoms with E-state index in [9.17, 15) is 4.79 Å². The van der Waals surface area contributed by atoms with Crippen LogP contribution in [0, 0.1) is 3.57 Å². The highest BCUT2D eigenvalue weighted by Gasteiger charge is 2.24. The van der Waals surface area contributed by atoms with Gasteiger partial charge in [-0.15, -0.1) is 0 Å². The van der Waals surface area contributed by atoms with Crippen LogP contribution in [0.15, 0.2) is 47.1 Å². The van der Waals surface area contributed by atoms with E-state index in [0.29, 0.717) is 22.1 Å². The van der Waals surface area contributed by atoms with Gasteiger partial charge in [0, 0.05) is 9.13 Å². The van der Waals surface area contributed by atoms with Crippen molar-refractivity contribution in [3.05, 3.63) is 61.8 Å². The minimum atomic E-state index is -0.513. The van der Waals surface area contributed by atoms with E-state index in [1.54, 1.807) is 18.2 Å². The lowest BCUT2D eigenvalue weighted by Gasteiger charge is -2.15. The van der Waals surface area contributed by atoms with Gasteiger partial charge in [0.2, 0.25) is 5.90 Å². The molecule has 0 radical (unpaired) electrons. The molecule has 0 atom stereocenters. The Morgan fingerprint density at radius 2 is 1.93 bits per heavy atom. The van der Waals surface area contributed by atoms with Gasteiger partial charge in [-0.2, -0.15) is 0 Å². The van der Waals surface area contributed by atoms with E-state index >= 15 is 0 Å². The monoisotopic (exact) mass is 497 g/mol. The topological polar surface area (TPSA) is 57.1 Å². The van der Waals surface area contributed by atoms with Gasteiger partial charge in [0.15, 0.2) is 17.2 Å². The molecule has 0 N–H and O–H groups in total. The van der Waals surface area contributed by atoms with Crippen LogP contribution in [-0.4, -0.2) is 25.1 Å². The standard InChI is InChI=1S/C20H17ClINO4/c1-11(2)26-18-15(21)8-12(10-17(18)25-3)9-16-20(24)27-19(23-16)13-4-6-14(22)7-5-13/h4-11H,1-3H3/b16-9-. The Hall–Kier alpha value is -2.06. The van der Waals surface area contributed by atoms with Gasteiger partial charge >= 0.3 is 5.97 Å². The molecule has 7 heteroatoms. The Morgan fingerprint density at radius 1 is 1.22 bits per heavy atom. The fraction of sp³-hybridized carbons (Fsp3) is 0.200. The Balaban J connectivity index is 1.95. The number of ether oxygens (including phenoxy) is 3. The smallest absolute Gasteiger partial charge is 0.363 e. The molecule has 0 bridgehead atoms. The largest absolute Gasteiger partial charge is 0.493 e. The van der Waals surface area contributed by atoms with E-state index in [4.69, 9.17) is 25.8 Å². The van der Waals surface area contributed by atoms with Crippen molar-refractivity contribution in [3.8, 4) is 11.5 Å². The number of rotatable bonds is 5. The molecule has 0 saturated heterocycles. The van der Waals surface area contributed by atoms with E-state index in [1.807, 2.05) is 38.1 Å². The predicted molar refractivity (Wildman–Crippen MR) is 114 cm³/mol. The van der Waals surface area contributed by atoms with Crippen LogP contribution >= 0.6 is 34.2 Å². The first-order chi connectivity index (χ1) is 12.9. The van der Waals surface area contributed by atoms with E-state index in [1.165, 1.54) is 7.11 Å². The molecule has 2 aromatic rings. The molecule has 27 heavy (non-hydrogen) atoms. The summed E-state index contributed by atoms with van der Waals surface area (Å²) in [6.07, 6.45) is 1.56. The van der Waals surface area contributed by atoms with Gasteiger partial charge in [0.1, 0.15) is 0 Å². The van der Waals surface area contributed by atoms with E-state index in [2.05, 4.69) is 27.6 Å². The number of aliphatic imine (C=N–C) groups is 1. The second-order valence-electron chi connectivity index (χ2n) is 6.04. The zero-order chi connectivity index (χ0) is 19.6. The molecule has 1 heterocycles. The van der Waals surface area contributed by atoms with E-state index in [-0.39, 0.29) is 17.7 Å². The summed E-state index contributed by atoms with van der Waals surface area (Å²) in [6.45, 7) is 3.81. The van der Waals surface area contributed by atoms with Crippen molar-refractivity contribution in [2.45, 2.75) is 20.0 Å². The fourth-order valence-electron chi connectivity index (χ4n) is 2.46. The van der Waals surface area contributed by atoms with Crippen LogP contribution in [0.4, 0.5) is 0 Å². The maximum atomic E-state index is 12.2. The molecular weight excluding hydrogens is 481 g/mol. The van der Waals surface area contributed by atoms with Crippen LogP contribution in [-0.2, 0) is 9.53 Å². The van der Waals surface area contributed by atoms with Crippen LogP contribution in [0.25, 0.3) is 6.08 Å². The number of hydrogen-bond donors (Lipinski definition) is 0. The van der Waals surface area contributed by atoms with E-state index in [0.717, 1.165) is 9.13 Å². The lowest BCUT2D eigenvalue weighted by atomic mass is 10.1. The molecule has 0 spiro atoms. The summed E-state index contributed by atoms with van der Waals surface area (Å²) in [6, 6.07) is 11.0. The molecule has 0 saturated carbocycles. The molecule has 140 valence electrons. The zero-order valence-corrected chi connectivity index (χ0v) is 17.9. The molecule has 0 aliphatic carbocycles. The third-order valence-corrected chi connectivity index (χ3v) is 4.62. The van der Waals surface area contributed by atoms with Crippen LogP contribution in [0.5, 0.6) is 11.5 Å². The number of methoxy groups -OCH3 is 1. The minimum Gasteiger partial charge on any atom is -0.493 e. The summed E-state index contributed by atoms with van der Waals surface area (Å²) in [5.74, 6) is 0.714. The first-order valence-electron chi connectivity index (χ1n) is 8.20. The van der Waals surface area contributed by atoms with Gasteiger partial charge in [-0.3, -0.25) is 0 Å². The van der Waals surface area contributed by atoms with Crippen molar-refractivity contribution in [2.75, 3.05) is 7.11 Å². The third-order valence-electron chi connectivity index (χ3n) is 3.62. The number of halogens is 2. The number of hydrogen-bond acceptors (Lipinski definition) is 5. The molecular formula is C20H17ClINO4. The van der Waals surface area contributed by atoms with Gasteiger partial charge in [-0.25, -0.2) is 9.79 Å². The highest BCUT2D eigenvalue weighted by atomic mass is 127. The fourth-order valence-corrected chi connectivity index (χ4v) is 3.08. The summed E-state index contributed by atoms with van der Waals surface area (Å²) in [5.41, 5.74) is 1.59. The second-order valence-corrected chi connectivity index (χ2v) is 7.70. The molecule has 0 unspecified atom stereocenters. The Kier molecular flexibility index (Phi) is 6.06. The molecule has 2 aromatic carbocycles. The van der Waals surface area contributed by atoms with Gasteiger partial charge in [0.05, 0.1) is 18.2 Å². The average molecular weight is 498 g/mol. The SMILES string of the molecule is COc1cc(/C=C2\N=C(c3ccc(I)cc3)OC2=O)cc(Cl)c1OC(C)C. The minimum absolute atomic E-state index is 0.0495. The van der Waals surface area contributed by atoms with Gasteiger partial charge < -0.3 is 14.2 Å². The van der Waals surface area contributed by atoms with Crippen molar-refractivity contribution >= 4 is 52.1 Å². The van der Waals surface area contributed by atoms with Gasteiger partial charge in [-0.1, -0.05) is 11.6 Å². The molecule has 5 nitrogen and oxygen atoms in total. The summed E-state index contributed by atoms with van der Waals surface area (Å²) >= 11 is 8.54. The summed E-state index contributed by atoms with van der Waals surface area (Å²) in [7, 11) is 1.53. The Labute approximate surface area is 176 Å². The van der Waals surface area contributed by atoms with Crippen molar-refractivity contribution in [3.63, 3.8) is 0 Å². The summed E-state index contributed by atoms with van der Waals surface area (Å²) in [4.78, 5) is 16.5. The Bertz CT molecular complexity index is 936. The first-order valence-corrected chi connectivity index (χ1v) is 9.65. The molecule has 0 aromatic heterocycles. The van der Waals surface area contributed by atoms with Crippen LogP contribution in [0.2, 0.25) is 5.02 Å². The number of benzene rings is 2. The van der Waals surface area contributed by atoms with Crippen LogP contribution in [0.1, 0.15) is 25.0 Å². The molecule has 3 rings (SSSR count). The number of cyclic esters (lactones) is 1. The lowest BCUT2D eigenvalue weighted by Crippen LogP contribution is -2.07. The number of nitrogens with zero attached hydrogens (tertiary/aromatic N) is 1. The molecule has 0 amide bonds. The quantitative estimate of drug-likeness (QED) is 0.328. The summed E-state index contributed by atoms with van der Waals surface area (Å²) < 4.78 is 17.4. The molecule has 1 aliphatic rings. The third kappa shape index (κ3) is 4.62. The zero-order valence-electron chi connectivity index (χ0n) is 15.0. The van der Waals surface area contributed by atoms with Crippen molar-refractivity contribution < 1.29 is 19.0 Å². The van der Waals surface area contributed by atoms with Crippen LogP contribution in [0.3, 0.4) is 0 Å². The van der Waals surface area contributed by atoms with Crippen molar-refractivity contribution in [2.24, 2.45) is 4.99 Å². The maximum Gasteiger partial charge on any atom is 0.363 e. The number of carbonyl (C=O) groups is 1. The summed E-state index contributed by atoms with van der Waals surface area (Å²) in [5, 5.41) is 0.392. The highest BCUT2D eigenvalue weighted by Crippen LogP contribution is 2.38. The van der Waals surface area contributed by atoms with Crippen molar-refractivity contribution in [1.29, 1.82) is 0 Å². The number of esters is 1. The van der Waals surface area contributed by atoms with Crippen LogP contribution < -0.4 is 9.47 Å². The normalized spacial score (nSPS) is 15.1. The molecule has 1 aliphatic heterocycles. The highest BCUT2D eigenvalue weighted by molar-refractivity contribution is 14.1. The predicted octanol–water partition coefficient (Wildman–Crippen LogP) is 5.08. The second kappa shape index (κ2) is 8.31. The van der Waals surface area contributed by atoms with Gasteiger partial charge in [0.25, 0.3) is 0 Å². The Morgan fingerprint density at radius 3 is 2.56 bits per heavy atom. The molecule has 0 fully saturated rings.